The fraction of sp³-hybridized carbons (Fsp3) is 0.933. The zero-order chi connectivity index (χ0) is 14.7. The predicted molar refractivity (Wildman–Crippen MR) is 76.9 cm³/mol. The van der Waals surface area contributed by atoms with Gasteiger partial charge in [-0.2, -0.15) is 0 Å². The molecule has 3 aliphatic heterocycles. The van der Waals surface area contributed by atoms with Gasteiger partial charge in [-0.1, -0.05) is 0 Å². The summed E-state index contributed by atoms with van der Waals surface area (Å²) in [5, 5.41) is 12.2. The molecular weight excluding hydrogens is 272 g/mol. The lowest BCUT2D eigenvalue weighted by atomic mass is 9.99. The highest BCUT2D eigenvalue weighted by atomic mass is 16.5. The van der Waals surface area contributed by atoms with Crippen LogP contribution in [0.1, 0.15) is 25.7 Å². The van der Waals surface area contributed by atoms with Crippen LogP contribution in [0.2, 0.25) is 0 Å². The number of nitrogens with one attached hydrogen (secondary N) is 1. The molecule has 0 aromatic rings. The van der Waals surface area contributed by atoms with Crippen LogP contribution in [0.4, 0.5) is 0 Å². The average molecular weight is 298 g/mol. The summed E-state index contributed by atoms with van der Waals surface area (Å²) in [5.41, 5.74) is 0. The molecule has 6 heteroatoms. The van der Waals surface area contributed by atoms with Crippen LogP contribution in [0.15, 0.2) is 0 Å². The van der Waals surface area contributed by atoms with E-state index >= 15 is 0 Å². The Kier molecular flexibility index (Phi) is 5.11. The van der Waals surface area contributed by atoms with Gasteiger partial charge in [0.2, 0.25) is 5.91 Å². The number of morpholine rings is 1. The quantitative estimate of drug-likeness (QED) is 0.749. The molecule has 3 saturated heterocycles. The Labute approximate surface area is 125 Å². The van der Waals surface area contributed by atoms with E-state index in [-0.39, 0.29) is 30.6 Å². The smallest absolute Gasteiger partial charge is 0.223 e. The van der Waals surface area contributed by atoms with Crippen LogP contribution in [0.25, 0.3) is 0 Å². The molecule has 0 aromatic carbocycles. The van der Waals surface area contributed by atoms with Crippen molar-refractivity contribution in [2.45, 2.75) is 43.9 Å². The first-order valence-corrected chi connectivity index (χ1v) is 8.11. The Hall–Kier alpha value is -0.690. The largest absolute Gasteiger partial charge is 0.396 e. The molecule has 6 nitrogen and oxygen atoms in total. The van der Waals surface area contributed by atoms with E-state index in [1.165, 1.54) is 0 Å². The van der Waals surface area contributed by atoms with Gasteiger partial charge in [0.15, 0.2) is 0 Å². The molecular formula is C15H26N2O4. The number of ether oxygens (including phenoxy) is 2. The minimum Gasteiger partial charge on any atom is -0.396 e. The van der Waals surface area contributed by atoms with Crippen LogP contribution in [0.5, 0.6) is 0 Å². The molecule has 0 aromatic heterocycles. The molecule has 0 spiro atoms. The molecule has 0 bridgehead atoms. The van der Waals surface area contributed by atoms with E-state index < -0.39 is 0 Å². The van der Waals surface area contributed by atoms with Gasteiger partial charge in [-0.05, 0) is 25.7 Å². The fourth-order valence-electron chi connectivity index (χ4n) is 3.64. The number of fused-ring (bicyclic) bond motifs is 1. The number of rotatable bonds is 4. The molecule has 0 saturated carbocycles. The lowest BCUT2D eigenvalue weighted by Crippen LogP contribution is -2.46. The van der Waals surface area contributed by atoms with Crippen molar-refractivity contribution in [3.8, 4) is 0 Å². The maximum Gasteiger partial charge on any atom is 0.223 e. The third-order valence-corrected chi connectivity index (χ3v) is 4.88. The molecule has 2 N–H and O–H groups in total. The third-order valence-electron chi connectivity index (χ3n) is 4.88. The number of aliphatic hydroxyl groups excluding tert-OH is 1. The number of hydrogen-bond acceptors (Lipinski definition) is 5. The van der Waals surface area contributed by atoms with Crippen molar-refractivity contribution in [1.29, 1.82) is 0 Å². The van der Waals surface area contributed by atoms with Crippen molar-refractivity contribution in [3.63, 3.8) is 0 Å². The van der Waals surface area contributed by atoms with E-state index in [4.69, 9.17) is 14.6 Å². The summed E-state index contributed by atoms with van der Waals surface area (Å²) >= 11 is 0. The van der Waals surface area contributed by atoms with Gasteiger partial charge in [-0.3, -0.25) is 9.69 Å². The first-order chi connectivity index (χ1) is 10.3. The zero-order valence-electron chi connectivity index (χ0n) is 12.5. The zero-order valence-corrected chi connectivity index (χ0v) is 12.5. The number of hydrogen-bond donors (Lipinski definition) is 2. The normalized spacial score (nSPS) is 34.6. The first-order valence-electron chi connectivity index (χ1n) is 8.11. The topological polar surface area (TPSA) is 71.0 Å². The van der Waals surface area contributed by atoms with Crippen LogP contribution in [-0.2, 0) is 14.3 Å². The van der Waals surface area contributed by atoms with Crippen LogP contribution in [0, 0.1) is 5.92 Å². The van der Waals surface area contributed by atoms with Crippen molar-refractivity contribution < 1.29 is 19.4 Å². The average Bonchev–Trinajstić information content (AvgIpc) is 2.90. The van der Waals surface area contributed by atoms with E-state index in [9.17, 15) is 4.79 Å². The Morgan fingerprint density at radius 2 is 2.10 bits per heavy atom. The number of carbonyl (C=O) groups is 1. The van der Waals surface area contributed by atoms with Crippen molar-refractivity contribution >= 4 is 5.91 Å². The second kappa shape index (κ2) is 7.05. The molecule has 3 rings (SSSR count). The fourth-order valence-corrected chi connectivity index (χ4v) is 3.64. The minimum absolute atomic E-state index is 0.120. The van der Waals surface area contributed by atoms with Gasteiger partial charge in [0, 0.05) is 50.9 Å². The maximum absolute atomic E-state index is 12.3. The molecule has 0 unspecified atom stereocenters. The molecule has 0 radical (unpaired) electrons. The van der Waals surface area contributed by atoms with Crippen molar-refractivity contribution in [2.75, 3.05) is 39.5 Å². The number of nitrogens with zero attached hydrogens (tertiary/aromatic N) is 1. The number of amides is 1. The van der Waals surface area contributed by atoms with E-state index in [1.807, 2.05) is 0 Å². The Morgan fingerprint density at radius 3 is 2.86 bits per heavy atom. The SMILES string of the molecule is O=C(N[C@H]1C[C@H]2CO[C@@H](CCO)CN2C1)C1CCOCC1. The number of aliphatic hydroxyl groups is 1. The molecule has 3 atom stereocenters. The second-order valence-electron chi connectivity index (χ2n) is 6.40. The highest BCUT2D eigenvalue weighted by molar-refractivity contribution is 5.79. The second-order valence-corrected chi connectivity index (χ2v) is 6.40. The van der Waals surface area contributed by atoms with Gasteiger partial charge in [0.05, 0.1) is 12.7 Å². The molecule has 3 heterocycles. The molecule has 21 heavy (non-hydrogen) atoms. The summed E-state index contributed by atoms with van der Waals surface area (Å²) in [6.45, 7) is 4.07. The van der Waals surface area contributed by atoms with Crippen LogP contribution < -0.4 is 5.32 Å². The summed E-state index contributed by atoms with van der Waals surface area (Å²) in [5.74, 6) is 0.311. The highest BCUT2D eigenvalue weighted by Gasteiger charge is 2.38. The molecule has 3 fully saturated rings. The summed E-state index contributed by atoms with van der Waals surface area (Å²) < 4.78 is 11.1. The van der Waals surface area contributed by atoms with Crippen molar-refractivity contribution in [2.24, 2.45) is 5.92 Å². The number of carbonyl (C=O) groups excluding carboxylic acids is 1. The Morgan fingerprint density at radius 1 is 1.29 bits per heavy atom. The standard InChI is InChI=1S/C15H26N2O4/c18-4-1-14-9-17-8-12(7-13(17)10-21-14)16-15(19)11-2-5-20-6-3-11/h11-14,18H,1-10H2,(H,16,19)/t12-,13-,14-/m0/s1. The third kappa shape index (κ3) is 3.74. The molecule has 1 amide bonds. The van der Waals surface area contributed by atoms with Gasteiger partial charge in [0.25, 0.3) is 0 Å². The summed E-state index contributed by atoms with van der Waals surface area (Å²) in [7, 11) is 0. The summed E-state index contributed by atoms with van der Waals surface area (Å²) in [6.07, 6.45) is 3.49. The van der Waals surface area contributed by atoms with E-state index in [2.05, 4.69) is 10.2 Å². The lowest BCUT2D eigenvalue weighted by Gasteiger charge is -2.34. The first kappa shape index (κ1) is 15.2. The highest BCUT2D eigenvalue weighted by Crippen LogP contribution is 2.25. The van der Waals surface area contributed by atoms with E-state index in [0.29, 0.717) is 32.3 Å². The van der Waals surface area contributed by atoms with E-state index in [0.717, 1.165) is 32.4 Å². The van der Waals surface area contributed by atoms with Gasteiger partial charge in [0.1, 0.15) is 0 Å². The van der Waals surface area contributed by atoms with Gasteiger partial charge >= 0.3 is 0 Å². The maximum atomic E-state index is 12.3. The Bertz CT molecular complexity index is 360. The summed E-state index contributed by atoms with van der Waals surface area (Å²) in [6, 6.07) is 0.654. The Balaban J connectivity index is 1.47. The monoisotopic (exact) mass is 298 g/mol. The van der Waals surface area contributed by atoms with Crippen molar-refractivity contribution in [1.82, 2.24) is 10.2 Å². The molecule has 0 aliphatic carbocycles. The van der Waals surface area contributed by atoms with Crippen LogP contribution in [-0.4, -0.2) is 73.6 Å². The molecule has 3 aliphatic rings. The van der Waals surface area contributed by atoms with Gasteiger partial charge in [-0.15, -0.1) is 0 Å². The van der Waals surface area contributed by atoms with Gasteiger partial charge < -0.3 is 19.9 Å². The van der Waals surface area contributed by atoms with Crippen LogP contribution in [0.3, 0.4) is 0 Å². The van der Waals surface area contributed by atoms with Crippen LogP contribution >= 0.6 is 0 Å². The predicted octanol–water partition coefficient (Wildman–Crippen LogP) is -0.247. The lowest BCUT2D eigenvalue weighted by molar-refractivity contribution is -0.128. The minimum atomic E-state index is 0.120. The summed E-state index contributed by atoms with van der Waals surface area (Å²) in [4.78, 5) is 14.7. The molecule has 120 valence electrons. The van der Waals surface area contributed by atoms with Gasteiger partial charge in [-0.25, -0.2) is 0 Å². The van der Waals surface area contributed by atoms with Crippen molar-refractivity contribution in [3.05, 3.63) is 0 Å². The van der Waals surface area contributed by atoms with E-state index in [1.54, 1.807) is 0 Å².